The van der Waals surface area contributed by atoms with Gasteiger partial charge in [-0.2, -0.15) is 0 Å². The zero-order valence-electron chi connectivity index (χ0n) is 14.7. The largest absolute Gasteiger partial charge is 0.348 e. The Morgan fingerprint density at radius 3 is 2.96 bits per heavy atom. The molecule has 0 spiro atoms. The van der Waals surface area contributed by atoms with Crippen molar-refractivity contribution < 1.29 is 4.79 Å². The Morgan fingerprint density at radius 1 is 1.28 bits per heavy atom. The van der Waals surface area contributed by atoms with Crippen molar-refractivity contribution in [2.45, 2.75) is 39.8 Å². The fourth-order valence-electron chi connectivity index (χ4n) is 3.58. The predicted molar refractivity (Wildman–Crippen MR) is 99.6 cm³/mol. The van der Waals surface area contributed by atoms with Crippen LogP contribution in [0.25, 0.3) is 11.0 Å². The van der Waals surface area contributed by atoms with Crippen LogP contribution < -0.4 is 5.32 Å². The lowest BCUT2D eigenvalue weighted by Crippen LogP contribution is -2.23. The molecule has 4 heteroatoms. The molecule has 1 unspecified atom stereocenters. The van der Waals surface area contributed by atoms with Crippen LogP contribution in [0, 0.1) is 12.8 Å². The van der Waals surface area contributed by atoms with Crippen molar-refractivity contribution in [3.63, 3.8) is 0 Å². The van der Waals surface area contributed by atoms with Crippen molar-refractivity contribution in [1.82, 2.24) is 14.9 Å². The minimum absolute atomic E-state index is 0.0514. The summed E-state index contributed by atoms with van der Waals surface area (Å²) in [6.45, 7) is 5.89. The van der Waals surface area contributed by atoms with Gasteiger partial charge in [-0.3, -0.25) is 4.79 Å². The van der Waals surface area contributed by atoms with Gasteiger partial charge in [-0.15, -0.1) is 0 Å². The molecule has 0 saturated carbocycles. The number of benzene rings is 2. The number of aryl methyl sites for hydroxylation is 2. The first-order chi connectivity index (χ1) is 12.1. The van der Waals surface area contributed by atoms with E-state index in [2.05, 4.69) is 29.8 Å². The molecule has 1 aromatic heterocycles. The minimum Gasteiger partial charge on any atom is -0.348 e. The fraction of sp³-hybridized carbons (Fsp3) is 0.333. The van der Waals surface area contributed by atoms with Gasteiger partial charge in [0, 0.05) is 25.1 Å². The topological polar surface area (TPSA) is 46.9 Å². The normalized spacial score (nSPS) is 16.6. The van der Waals surface area contributed by atoms with Gasteiger partial charge in [0.2, 0.25) is 0 Å². The third-order valence-electron chi connectivity index (χ3n) is 5.17. The van der Waals surface area contributed by atoms with Gasteiger partial charge < -0.3 is 9.88 Å². The Hall–Kier alpha value is -2.62. The van der Waals surface area contributed by atoms with Gasteiger partial charge in [-0.1, -0.05) is 31.2 Å². The average molecular weight is 333 g/mol. The van der Waals surface area contributed by atoms with Gasteiger partial charge >= 0.3 is 0 Å². The van der Waals surface area contributed by atoms with Crippen LogP contribution in [0.15, 0.2) is 42.5 Å². The van der Waals surface area contributed by atoms with Crippen molar-refractivity contribution in [3.05, 3.63) is 65.0 Å². The molecule has 1 aliphatic rings. The van der Waals surface area contributed by atoms with E-state index >= 15 is 0 Å². The number of carbonyl (C=O) groups is 1. The van der Waals surface area contributed by atoms with Crippen molar-refractivity contribution in [3.8, 4) is 0 Å². The molecule has 128 valence electrons. The van der Waals surface area contributed by atoms with Crippen LogP contribution in [0.2, 0.25) is 0 Å². The molecule has 0 bridgehead atoms. The van der Waals surface area contributed by atoms with E-state index in [1.807, 2.05) is 36.4 Å². The van der Waals surface area contributed by atoms with E-state index in [1.54, 1.807) is 0 Å². The Labute approximate surface area is 147 Å². The maximum absolute atomic E-state index is 12.5. The molecule has 1 amide bonds. The second-order valence-electron chi connectivity index (χ2n) is 7.09. The van der Waals surface area contributed by atoms with E-state index in [1.165, 1.54) is 12.0 Å². The Balaban J connectivity index is 1.55. The maximum Gasteiger partial charge on any atom is 0.251 e. The molecule has 25 heavy (non-hydrogen) atoms. The number of nitrogens with one attached hydrogen (secondary N) is 1. The number of hydrogen-bond acceptors (Lipinski definition) is 2. The van der Waals surface area contributed by atoms with E-state index in [9.17, 15) is 4.79 Å². The van der Waals surface area contributed by atoms with Gasteiger partial charge in [0.05, 0.1) is 11.0 Å². The Morgan fingerprint density at radius 2 is 2.12 bits per heavy atom. The van der Waals surface area contributed by atoms with Crippen LogP contribution in [0.5, 0.6) is 0 Å². The second kappa shape index (κ2) is 6.36. The van der Waals surface area contributed by atoms with Gasteiger partial charge in [0.1, 0.15) is 5.82 Å². The van der Waals surface area contributed by atoms with Gasteiger partial charge in [-0.05, 0) is 48.6 Å². The quantitative estimate of drug-likeness (QED) is 0.791. The minimum atomic E-state index is -0.0514. The van der Waals surface area contributed by atoms with Crippen LogP contribution in [0.4, 0.5) is 0 Å². The SMILES string of the molecule is Cc1ccccc1CNC(=O)c1ccc2c(c1)nc1n2CCC(C)C1. The highest BCUT2D eigenvalue weighted by atomic mass is 16.1. The Bertz CT molecular complexity index is 941. The standard InChI is InChI=1S/C21H23N3O/c1-14-9-10-24-19-8-7-16(12-18(19)23-20(24)11-14)21(25)22-13-17-6-4-3-5-15(17)2/h3-8,12,14H,9-11,13H2,1-2H3,(H,22,25). The van der Waals surface area contributed by atoms with Crippen molar-refractivity contribution >= 4 is 16.9 Å². The van der Waals surface area contributed by atoms with E-state index in [-0.39, 0.29) is 5.91 Å². The maximum atomic E-state index is 12.5. The van der Waals surface area contributed by atoms with Crippen molar-refractivity contribution in [2.75, 3.05) is 0 Å². The number of fused-ring (bicyclic) bond motifs is 3. The summed E-state index contributed by atoms with van der Waals surface area (Å²) in [6.07, 6.45) is 2.21. The highest BCUT2D eigenvalue weighted by molar-refractivity contribution is 5.97. The Kier molecular flexibility index (Phi) is 4.04. The fourth-order valence-corrected chi connectivity index (χ4v) is 3.58. The molecule has 4 rings (SSSR count). The summed E-state index contributed by atoms with van der Waals surface area (Å²) in [5, 5.41) is 3.02. The molecule has 1 atom stereocenters. The third-order valence-corrected chi connectivity index (χ3v) is 5.17. The van der Waals surface area contributed by atoms with Gasteiger partial charge in [0.15, 0.2) is 0 Å². The summed E-state index contributed by atoms with van der Waals surface area (Å²) in [5.41, 5.74) is 5.06. The average Bonchev–Trinajstić information content (AvgIpc) is 2.97. The summed E-state index contributed by atoms with van der Waals surface area (Å²) in [6, 6.07) is 14.0. The van der Waals surface area contributed by atoms with E-state index in [4.69, 9.17) is 4.98 Å². The zero-order valence-corrected chi connectivity index (χ0v) is 14.7. The summed E-state index contributed by atoms with van der Waals surface area (Å²) in [5.74, 6) is 1.77. The molecule has 0 aliphatic carbocycles. The highest BCUT2D eigenvalue weighted by Crippen LogP contribution is 2.25. The number of carbonyl (C=O) groups excluding carboxylic acids is 1. The molecule has 1 aliphatic heterocycles. The molecule has 4 nitrogen and oxygen atoms in total. The van der Waals surface area contributed by atoms with Gasteiger partial charge in [-0.25, -0.2) is 4.98 Å². The third kappa shape index (κ3) is 3.04. The summed E-state index contributed by atoms with van der Waals surface area (Å²) in [4.78, 5) is 17.3. The summed E-state index contributed by atoms with van der Waals surface area (Å²) >= 11 is 0. The molecule has 2 aromatic carbocycles. The van der Waals surface area contributed by atoms with E-state index in [0.29, 0.717) is 18.0 Å². The predicted octanol–water partition coefficient (Wildman–Crippen LogP) is 3.86. The van der Waals surface area contributed by atoms with Crippen LogP contribution in [-0.4, -0.2) is 15.5 Å². The van der Waals surface area contributed by atoms with Crippen LogP contribution >= 0.6 is 0 Å². The van der Waals surface area contributed by atoms with Gasteiger partial charge in [0.25, 0.3) is 5.91 Å². The smallest absolute Gasteiger partial charge is 0.251 e. The van der Waals surface area contributed by atoms with E-state index in [0.717, 1.165) is 35.4 Å². The number of rotatable bonds is 3. The first-order valence-electron chi connectivity index (χ1n) is 8.93. The first-order valence-corrected chi connectivity index (χ1v) is 8.93. The second-order valence-corrected chi connectivity index (χ2v) is 7.09. The summed E-state index contributed by atoms with van der Waals surface area (Å²) < 4.78 is 2.30. The number of nitrogens with zero attached hydrogens (tertiary/aromatic N) is 2. The molecule has 0 fully saturated rings. The van der Waals surface area contributed by atoms with E-state index < -0.39 is 0 Å². The summed E-state index contributed by atoms with van der Waals surface area (Å²) in [7, 11) is 0. The lowest BCUT2D eigenvalue weighted by atomic mass is 10.0. The highest BCUT2D eigenvalue weighted by Gasteiger charge is 2.19. The molecular weight excluding hydrogens is 310 g/mol. The molecule has 3 aromatic rings. The monoisotopic (exact) mass is 333 g/mol. The number of amides is 1. The van der Waals surface area contributed by atoms with Crippen molar-refractivity contribution in [1.29, 1.82) is 0 Å². The molecular formula is C21H23N3O. The van der Waals surface area contributed by atoms with Crippen LogP contribution in [-0.2, 0) is 19.5 Å². The lowest BCUT2D eigenvalue weighted by molar-refractivity contribution is 0.0951. The van der Waals surface area contributed by atoms with Crippen LogP contribution in [0.3, 0.4) is 0 Å². The molecule has 0 radical (unpaired) electrons. The zero-order chi connectivity index (χ0) is 17.4. The molecule has 0 saturated heterocycles. The number of aromatic nitrogens is 2. The molecule has 1 N–H and O–H groups in total. The molecule has 2 heterocycles. The number of imidazole rings is 1. The van der Waals surface area contributed by atoms with Crippen LogP contribution in [0.1, 0.15) is 40.7 Å². The lowest BCUT2D eigenvalue weighted by Gasteiger charge is -2.20. The van der Waals surface area contributed by atoms with Crippen molar-refractivity contribution in [2.24, 2.45) is 5.92 Å². The first kappa shape index (κ1) is 15.9. The number of hydrogen-bond donors (Lipinski definition) is 1.